The molecule has 0 saturated heterocycles. The van der Waals surface area contributed by atoms with Gasteiger partial charge in [0.25, 0.3) is 0 Å². The van der Waals surface area contributed by atoms with Crippen LogP contribution in [0, 0.1) is 5.92 Å². The van der Waals surface area contributed by atoms with Crippen molar-refractivity contribution >= 4 is 53.7 Å². The number of aldehydes is 1. The van der Waals surface area contributed by atoms with Gasteiger partial charge in [-0.05, 0) is 71.9 Å². The predicted molar refractivity (Wildman–Crippen MR) is 210 cm³/mol. The zero-order chi connectivity index (χ0) is 43.9. The maximum Gasteiger partial charge on any atom is 0.326 e. The smallest absolute Gasteiger partial charge is 0.326 e. The van der Waals surface area contributed by atoms with E-state index < -0.39 is 60.4 Å². The van der Waals surface area contributed by atoms with Gasteiger partial charge >= 0.3 is 11.9 Å². The van der Waals surface area contributed by atoms with Gasteiger partial charge in [-0.3, -0.25) is 33.6 Å². The number of ether oxygens (including phenoxy) is 2. The summed E-state index contributed by atoms with van der Waals surface area (Å²) < 4.78 is 10.8. The maximum atomic E-state index is 12.9. The summed E-state index contributed by atoms with van der Waals surface area (Å²) in [5, 5.41) is 39.6. The average Bonchev–Trinajstić information content (AvgIpc) is 3.17. The molecule has 0 rings (SSSR count). The van der Waals surface area contributed by atoms with Crippen LogP contribution in [-0.4, -0.2) is 154 Å². The highest BCUT2D eigenvalue weighted by molar-refractivity contribution is 5.89. The van der Waals surface area contributed by atoms with E-state index >= 15 is 0 Å². The van der Waals surface area contributed by atoms with Crippen LogP contribution in [0.25, 0.3) is 0 Å². The Balaban J connectivity index is 4.54. The first kappa shape index (κ1) is 53.3. The number of hydrogen-bond donors (Lipinski definition) is 10. The lowest BCUT2D eigenvalue weighted by Gasteiger charge is -2.21. The van der Waals surface area contributed by atoms with Gasteiger partial charge in [-0.1, -0.05) is 13.8 Å². The van der Waals surface area contributed by atoms with E-state index in [0.717, 1.165) is 0 Å². The Labute approximate surface area is 340 Å². The fraction of sp³-hybridized carbons (Fsp3) is 0.757. The van der Waals surface area contributed by atoms with Crippen LogP contribution in [0.5, 0.6) is 0 Å². The summed E-state index contributed by atoms with van der Waals surface area (Å²) in [4.78, 5) is 108. The highest BCUT2D eigenvalue weighted by Gasteiger charge is 2.25. The molecule has 0 aromatic heterocycles. The molecule has 5 unspecified atom stereocenters. The Morgan fingerprint density at radius 1 is 0.603 bits per heavy atom. The molecular formula is C37H66N8O13. The Bertz CT molecular complexity index is 1300. The van der Waals surface area contributed by atoms with E-state index in [1.54, 1.807) is 21.0 Å². The number of carboxylic acid groups (broad SMARTS) is 2. The predicted octanol–water partition coefficient (Wildman–Crippen LogP) is -2.06. The lowest BCUT2D eigenvalue weighted by atomic mass is 10.0. The van der Waals surface area contributed by atoms with Gasteiger partial charge < -0.3 is 67.0 Å². The summed E-state index contributed by atoms with van der Waals surface area (Å²) >= 11 is 0. The van der Waals surface area contributed by atoms with Crippen LogP contribution < -0.4 is 42.5 Å². The van der Waals surface area contributed by atoms with Crippen LogP contribution in [0.1, 0.15) is 85.0 Å². The van der Waals surface area contributed by atoms with Crippen molar-refractivity contribution in [1.82, 2.24) is 42.5 Å². The van der Waals surface area contributed by atoms with Crippen molar-refractivity contribution in [3.8, 4) is 0 Å². The number of carbonyl (C=O) groups is 9. The lowest BCUT2D eigenvalue weighted by Crippen LogP contribution is -2.50. The van der Waals surface area contributed by atoms with Crippen LogP contribution in [0.2, 0.25) is 0 Å². The molecule has 21 nitrogen and oxygen atoms in total. The molecule has 332 valence electrons. The third-order valence-electron chi connectivity index (χ3n) is 8.55. The lowest BCUT2D eigenvalue weighted by molar-refractivity contribution is -0.142. The molecule has 0 bridgehead atoms. The highest BCUT2D eigenvalue weighted by atomic mass is 16.5. The van der Waals surface area contributed by atoms with Crippen LogP contribution in [0.4, 0.5) is 0 Å². The molecule has 10 N–H and O–H groups in total. The molecule has 0 spiro atoms. The van der Waals surface area contributed by atoms with Gasteiger partial charge in [0, 0.05) is 38.4 Å². The Morgan fingerprint density at radius 2 is 1.26 bits per heavy atom. The minimum Gasteiger partial charge on any atom is -0.481 e. The van der Waals surface area contributed by atoms with Gasteiger partial charge in [-0.25, -0.2) is 4.79 Å². The number of likely N-dealkylation sites (N-methyl/N-ethyl adjacent to an activating group) is 2. The summed E-state index contributed by atoms with van der Waals surface area (Å²) in [5.74, 6) is -4.88. The van der Waals surface area contributed by atoms with E-state index in [9.17, 15) is 48.3 Å². The summed E-state index contributed by atoms with van der Waals surface area (Å²) in [7, 11) is 3.37. The Hall–Kier alpha value is -4.73. The van der Waals surface area contributed by atoms with E-state index in [4.69, 9.17) is 14.6 Å². The van der Waals surface area contributed by atoms with E-state index in [0.29, 0.717) is 44.4 Å². The summed E-state index contributed by atoms with van der Waals surface area (Å²) in [6.45, 7) is 5.89. The van der Waals surface area contributed by atoms with Crippen LogP contribution in [-0.2, 0) is 52.6 Å². The first-order valence-electron chi connectivity index (χ1n) is 19.6. The SMILES string of the molecule is CNC(CCCCNC(=O)CNC(=O)C(CC(C)C)NC)C(=O)NCCOCCOCC(=O)NC(CCC(=O)NC(CCC=O)C(=O)O)C(=O)NC(C)CCC(=O)O. The number of rotatable bonds is 35. The molecule has 0 fully saturated rings. The first-order valence-corrected chi connectivity index (χ1v) is 19.6. The minimum atomic E-state index is -1.33. The minimum absolute atomic E-state index is 0.000866. The average molecular weight is 831 g/mol. The number of unbranched alkanes of at least 4 members (excludes halogenated alkanes) is 1. The first-order chi connectivity index (χ1) is 27.5. The van der Waals surface area contributed by atoms with Crippen molar-refractivity contribution in [2.24, 2.45) is 5.92 Å². The molecule has 0 aromatic carbocycles. The van der Waals surface area contributed by atoms with Gasteiger partial charge in [0.05, 0.1) is 38.4 Å². The second-order valence-corrected chi connectivity index (χ2v) is 14.0. The third-order valence-corrected chi connectivity index (χ3v) is 8.55. The summed E-state index contributed by atoms with van der Waals surface area (Å²) in [6, 6.07) is -3.93. The van der Waals surface area contributed by atoms with Crippen LogP contribution >= 0.6 is 0 Å². The molecule has 0 heterocycles. The number of carbonyl (C=O) groups excluding carboxylic acids is 7. The number of nitrogens with one attached hydrogen (secondary N) is 8. The quantitative estimate of drug-likeness (QED) is 0.0243. The fourth-order valence-corrected chi connectivity index (χ4v) is 5.34. The van der Waals surface area contributed by atoms with E-state index in [-0.39, 0.29) is 95.2 Å². The molecule has 0 aliphatic rings. The van der Waals surface area contributed by atoms with Crippen molar-refractivity contribution in [2.75, 3.05) is 60.2 Å². The van der Waals surface area contributed by atoms with Gasteiger partial charge in [0.1, 0.15) is 25.0 Å². The van der Waals surface area contributed by atoms with Gasteiger partial charge in [-0.2, -0.15) is 0 Å². The molecule has 58 heavy (non-hydrogen) atoms. The summed E-state index contributed by atoms with van der Waals surface area (Å²) in [5.41, 5.74) is 0. The molecule has 0 saturated carbocycles. The molecule has 21 heteroatoms. The number of hydrogen-bond acceptors (Lipinski definition) is 13. The van der Waals surface area contributed by atoms with Crippen molar-refractivity contribution in [3.05, 3.63) is 0 Å². The van der Waals surface area contributed by atoms with E-state index in [2.05, 4.69) is 42.5 Å². The molecular weight excluding hydrogens is 764 g/mol. The molecule has 0 aliphatic carbocycles. The van der Waals surface area contributed by atoms with E-state index in [1.165, 1.54) is 0 Å². The van der Waals surface area contributed by atoms with Gasteiger partial charge in [0.2, 0.25) is 35.4 Å². The monoisotopic (exact) mass is 830 g/mol. The molecule has 5 atom stereocenters. The van der Waals surface area contributed by atoms with E-state index in [1.807, 2.05) is 13.8 Å². The third kappa shape index (κ3) is 27.0. The van der Waals surface area contributed by atoms with Crippen molar-refractivity contribution in [1.29, 1.82) is 0 Å². The van der Waals surface area contributed by atoms with Crippen LogP contribution in [0.15, 0.2) is 0 Å². The Kier molecular flexibility index (Phi) is 29.6. The number of amides is 6. The van der Waals surface area contributed by atoms with Crippen LogP contribution in [0.3, 0.4) is 0 Å². The summed E-state index contributed by atoms with van der Waals surface area (Å²) in [6.07, 6.45) is 2.16. The largest absolute Gasteiger partial charge is 0.481 e. The van der Waals surface area contributed by atoms with Gasteiger partial charge in [-0.15, -0.1) is 0 Å². The standard InChI is InChI=1S/C37H66N8O13/c1-24(2)21-29(39-5)35(53)42-22-31(48)40-15-7-6-9-26(38-4)34(52)41-16-18-57-19-20-58-23-32(49)44-27(36(54)43-25(3)11-14-33(50)51)12-13-30(47)45-28(37(55)56)10-8-17-46/h17,24-29,38-39H,6-16,18-23H2,1-5H3,(H,40,48)(H,41,52)(H,42,53)(H,43,54)(H,44,49)(H,45,47)(H,50,51)(H,55,56). The van der Waals surface area contributed by atoms with Crippen molar-refractivity contribution in [3.63, 3.8) is 0 Å². The maximum absolute atomic E-state index is 12.9. The topological polar surface area (TPSA) is 309 Å². The zero-order valence-electron chi connectivity index (χ0n) is 34.4. The second-order valence-electron chi connectivity index (χ2n) is 14.0. The normalized spacial score (nSPS) is 13.6. The van der Waals surface area contributed by atoms with Crippen molar-refractivity contribution in [2.45, 2.75) is 115 Å². The Morgan fingerprint density at radius 3 is 1.88 bits per heavy atom. The molecule has 0 aromatic rings. The van der Waals surface area contributed by atoms with Crippen molar-refractivity contribution < 1.29 is 62.8 Å². The molecule has 6 amide bonds. The number of carboxylic acids is 2. The fourth-order valence-electron chi connectivity index (χ4n) is 5.34. The zero-order valence-corrected chi connectivity index (χ0v) is 34.4. The molecule has 0 radical (unpaired) electrons. The highest BCUT2D eigenvalue weighted by Crippen LogP contribution is 2.06. The second kappa shape index (κ2) is 32.3. The molecule has 0 aliphatic heterocycles. The number of aliphatic carboxylic acids is 2. The van der Waals surface area contributed by atoms with Gasteiger partial charge in [0.15, 0.2) is 0 Å².